The van der Waals surface area contributed by atoms with E-state index in [1.807, 2.05) is 0 Å². The molecular formula is C30H41FN4O. The summed E-state index contributed by atoms with van der Waals surface area (Å²) in [7, 11) is 0. The molecule has 2 aliphatic rings. The van der Waals surface area contributed by atoms with Gasteiger partial charge in [0.05, 0.1) is 5.52 Å². The summed E-state index contributed by atoms with van der Waals surface area (Å²) in [4.78, 5) is 17.5. The van der Waals surface area contributed by atoms with Gasteiger partial charge in [-0.3, -0.25) is 4.79 Å². The maximum absolute atomic E-state index is 12.5. The van der Waals surface area contributed by atoms with E-state index in [2.05, 4.69) is 57.9 Å². The SMILES string of the molecule is CCN1CCC(n2cc(C)c3ccc(NC(=O)CCN4CCCCC4)cc32)CC1.Fc1ccccc1. The van der Waals surface area contributed by atoms with Crippen molar-refractivity contribution in [3.8, 4) is 0 Å². The van der Waals surface area contributed by atoms with Gasteiger partial charge >= 0.3 is 0 Å². The predicted octanol–water partition coefficient (Wildman–Crippen LogP) is 6.25. The van der Waals surface area contributed by atoms with Crippen LogP contribution in [-0.2, 0) is 4.79 Å². The molecule has 0 radical (unpaired) electrons. The highest BCUT2D eigenvalue weighted by Crippen LogP contribution is 2.31. The van der Waals surface area contributed by atoms with E-state index in [-0.39, 0.29) is 11.7 Å². The molecule has 0 bridgehead atoms. The fourth-order valence-corrected chi connectivity index (χ4v) is 5.40. The van der Waals surface area contributed by atoms with Crippen LogP contribution in [0, 0.1) is 12.7 Å². The first kappa shape index (κ1) is 26.4. The quantitative estimate of drug-likeness (QED) is 0.442. The molecule has 1 aromatic heterocycles. The molecule has 1 N–H and O–H groups in total. The van der Waals surface area contributed by atoms with E-state index in [1.54, 1.807) is 18.2 Å². The molecule has 5 rings (SSSR count). The summed E-state index contributed by atoms with van der Waals surface area (Å²) in [6.45, 7) is 11.1. The molecule has 2 aromatic carbocycles. The number of nitrogens with zero attached hydrogens (tertiary/aromatic N) is 3. The van der Waals surface area contributed by atoms with E-state index in [1.165, 1.54) is 73.8 Å². The molecule has 1 amide bonds. The average Bonchev–Trinajstić information content (AvgIpc) is 3.24. The van der Waals surface area contributed by atoms with Crippen LogP contribution < -0.4 is 5.32 Å². The minimum atomic E-state index is -0.178. The van der Waals surface area contributed by atoms with Gasteiger partial charge in [0.2, 0.25) is 5.91 Å². The lowest BCUT2D eigenvalue weighted by molar-refractivity contribution is -0.116. The highest BCUT2D eigenvalue weighted by atomic mass is 19.1. The van der Waals surface area contributed by atoms with E-state index in [0.29, 0.717) is 12.5 Å². The number of rotatable bonds is 6. The van der Waals surface area contributed by atoms with E-state index >= 15 is 0 Å². The molecule has 0 atom stereocenters. The minimum Gasteiger partial charge on any atom is -0.344 e. The average molecular weight is 493 g/mol. The van der Waals surface area contributed by atoms with Crippen molar-refractivity contribution in [3.63, 3.8) is 0 Å². The zero-order valence-electron chi connectivity index (χ0n) is 21.9. The Balaban J connectivity index is 0.000000375. The summed E-state index contributed by atoms with van der Waals surface area (Å²) in [6.07, 6.45) is 9.15. The second-order valence-corrected chi connectivity index (χ2v) is 10.1. The standard InChI is InChI=1S/C24H36N4O.C6H5F/c1-3-26-14-9-21(10-15-26)28-18-19(2)22-8-7-20(17-23(22)28)25-24(29)11-16-27-12-5-4-6-13-27;7-6-4-2-1-3-5-6/h7-8,17-18,21H,3-6,9-16H2,1-2H3,(H,25,29);1-5H. The Hall–Kier alpha value is -2.70. The molecule has 0 aliphatic carbocycles. The van der Waals surface area contributed by atoms with Crippen LogP contribution in [0.4, 0.5) is 10.1 Å². The van der Waals surface area contributed by atoms with Gasteiger partial charge in [-0.25, -0.2) is 4.39 Å². The number of hydrogen-bond donors (Lipinski definition) is 1. The fourth-order valence-electron chi connectivity index (χ4n) is 5.40. The summed E-state index contributed by atoms with van der Waals surface area (Å²) in [5.74, 6) is -0.0523. The largest absolute Gasteiger partial charge is 0.344 e. The van der Waals surface area contributed by atoms with Gasteiger partial charge in [-0.15, -0.1) is 0 Å². The molecule has 0 spiro atoms. The molecule has 3 heterocycles. The summed E-state index contributed by atoms with van der Waals surface area (Å²) in [5.41, 5.74) is 3.50. The van der Waals surface area contributed by atoms with Crippen molar-refractivity contribution in [2.24, 2.45) is 0 Å². The summed E-state index contributed by atoms with van der Waals surface area (Å²) in [6, 6.07) is 14.9. The Labute approximate surface area is 215 Å². The van der Waals surface area contributed by atoms with Crippen molar-refractivity contribution in [2.45, 2.75) is 58.4 Å². The second-order valence-electron chi connectivity index (χ2n) is 10.1. The molecule has 2 aliphatic heterocycles. The number of amides is 1. The summed E-state index contributed by atoms with van der Waals surface area (Å²) >= 11 is 0. The predicted molar refractivity (Wildman–Crippen MR) is 147 cm³/mol. The number of benzene rings is 2. The van der Waals surface area contributed by atoms with Crippen molar-refractivity contribution in [1.29, 1.82) is 0 Å². The van der Waals surface area contributed by atoms with Crippen LogP contribution >= 0.6 is 0 Å². The number of carbonyl (C=O) groups excluding carboxylic acids is 1. The Morgan fingerprint density at radius 1 is 0.972 bits per heavy atom. The Morgan fingerprint density at radius 3 is 2.33 bits per heavy atom. The number of nitrogens with one attached hydrogen (secondary N) is 1. The second kappa shape index (κ2) is 13.0. The first-order valence-electron chi connectivity index (χ1n) is 13.6. The molecule has 0 unspecified atom stereocenters. The number of fused-ring (bicyclic) bond motifs is 1. The Kier molecular flexibility index (Phi) is 9.54. The summed E-state index contributed by atoms with van der Waals surface area (Å²) in [5, 5.41) is 4.44. The molecule has 2 fully saturated rings. The third-order valence-electron chi connectivity index (χ3n) is 7.55. The molecule has 0 saturated carbocycles. The highest BCUT2D eigenvalue weighted by Gasteiger charge is 2.21. The van der Waals surface area contributed by atoms with Crippen LogP contribution in [0.1, 0.15) is 57.1 Å². The van der Waals surface area contributed by atoms with Gasteiger partial charge < -0.3 is 19.7 Å². The maximum atomic E-state index is 12.5. The number of likely N-dealkylation sites (tertiary alicyclic amines) is 2. The van der Waals surface area contributed by atoms with Gasteiger partial charge in [0.1, 0.15) is 5.82 Å². The lowest BCUT2D eigenvalue weighted by atomic mass is 10.0. The maximum Gasteiger partial charge on any atom is 0.225 e. The molecule has 5 nitrogen and oxygen atoms in total. The van der Waals surface area contributed by atoms with Crippen molar-refractivity contribution >= 4 is 22.5 Å². The van der Waals surface area contributed by atoms with Crippen LogP contribution in [0.25, 0.3) is 10.9 Å². The van der Waals surface area contributed by atoms with Gasteiger partial charge in [0.25, 0.3) is 0 Å². The normalized spacial score (nSPS) is 17.5. The Bertz CT molecular complexity index is 1100. The smallest absolute Gasteiger partial charge is 0.225 e. The summed E-state index contributed by atoms with van der Waals surface area (Å²) < 4.78 is 14.4. The van der Waals surface area contributed by atoms with Crippen molar-refractivity contribution in [3.05, 3.63) is 66.1 Å². The molecular weight excluding hydrogens is 451 g/mol. The van der Waals surface area contributed by atoms with Gasteiger partial charge in [-0.2, -0.15) is 0 Å². The number of halogens is 1. The van der Waals surface area contributed by atoms with Crippen molar-refractivity contribution in [2.75, 3.05) is 44.6 Å². The van der Waals surface area contributed by atoms with Crippen molar-refractivity contribution < 1.29 is 9.18 Å². The van der Waals surface area contributed by atoms with Crippen LogP contribution in [0.3, 0.4) is 0 Å². The zero-order chi connectivity index (χ0) is 25.3. The lowest BCUT2D eigenvalue weighted by Gasteiger charge is -2.32. The number of carbonyl (C=O) groups is 1. The highest BCUT2D eigenvalue weighted by molar-refractivity contribution is 5.94. The Morgan fingerprint density at radius 2 is 1.69 bits per heavy atom. The minimum absolute atomic E-state index is 0.126. The molecule has 2 saturated heterocycles. The third kappa shape index (κ3) is 7.17. The zero-order valence-corrected chi connectivity index (χ0v) is 21.9. The van der Waals surface area contributed by atoms with Gasteiger partial charge in [0, 0.05) is 49.4 Å². The van der Waals surface area contributed by atoms with Gasteiger partial charge in [-0.1, -0.05) is 37.6 Å². The number of aryl methyl sites for hydroxylation is 1. The van der Waals surface area contributed by atoms with Crippen LogP contribution in [0.15, 0.2) is 54.7 Å². The lowest BCUT2D eigenvalue weighted by Crippen LogP contribution is -2.34. The van der Waals surface area contributed by atoms with Gasteiger partial charge in [-0.05, 0) is 82.1 Å². The van der Waals surface area contributed by atoms with E-state index in [9.17, 15) is 9.18 Å². The third-order valence-corrected chi connectivity index (χ3v) is 7.55. The molecule has 6 heteroatoms. The number of piperidine rings is 2. The number of anilines is 1. The van der Waals surface area contributed by atoms with E-state index < -0.39 is 0 Å². The van der Waals surface area contributed by atoms with Crippen molar-refractivity contribution in [1.82, 2.24) is 14.4 Å². The monoisotopic (exact) mass is 492 g/mol. The first-order valence-corrected chi connectivity index (χ1v) is 13.6. The number of hydrogen-bond acceptors (Lipinski definition) is 3. The topological polar surface area (TPSA) is 40.5 Å². The first-order chi connectivity index (χ1) is 17.5. The van der Waals surface area contributed by atoms with Crippen LogP contribution in [-0.4, -0.2) is 59.5 Å². The van der Waals surface area contributed by atoms with Gasteiger partial charge in [0.15, 0.2) is 0 Å². The number of aromatic nitrogens is 1. The molecule has 194 valence electrons. The molecule has 3 aromatic rings. The van der Waals surface area contributed by atoms with Crippen LogP contribution in [0.2, 0.25) is 0 Å². The fraction of sp³-hybridized carbons (Fsp3) is 0.500. The van der Waals surface area contributed by atoms with E-state index in [4.69, 9.17) is 0 Å². The van der Waals surface area contributed by atoms with Crippen LogP contribution in [0.5, 0.6) is 0 Å². The molecule has 36 heavy (non-hydrogen) atoms. The van der Waals surface area contributed by atoms with E-state index in [0.717, 1.165) is 31.9 Å².